The molecule has 1 saturated heterocycles. The molecule has 0 N–H and O–H groups in total. The lowest BCUT2D eigenvalue weighted by Gasteiger charge is -2.15. The Labute approximate surface area is 112 Å². The van der Waals surface area contributed by atoms with E-state index in [0.29, 0.717) is 17.2 Å². The first-order chi connectivity index (χ1) is 8.66. The number of benzene rings is 1. The number of ketones is 1. The maximum Gasteiger partial charge on any atom is 0.191 e. The van der Waals surface area contributed by atoms with Crippen LogP contribution < -0.4 is 0 Å². The summed E-state index contributed by atoms with van der Waals surface area (Å²) in [5, 5.41) is 0.562. The van der Waals surface area contributed by atoms with Crippen LogP contribution in [0.3, 0.4) is 0 Å². The fraction of sp³-hybridized carbons (Fsp3) is 0.500. The third-order valence-electron chi connectivity index (χ3n) is 3.03. The van der Waals surface area contributed by atoms with Crippen molar-refractivity contribution in [1.29, 1.82) is 0 Å². The van der Waals surface area contributed by atoms with Gasteiger partial charge in [-0.1, -0.05) is 23.7 Å². The highest BCUT2D eigenvalue weighted by atomic mass is 35.5. The van der Waals surface area contributed by atoms with E-state index < -0.39 is 6.10 Å². The highest BCUT2D eigenvalue weighted by Crippen LogP contribution is 2.16. The number of ether oxygens (including phenoxy) is 2. The first-order valence-electron chi connectivity index (χ1n) is 6.20. The summed E-state index contributed by atoms with van der Waals surface area (Å²) in [7, 11) is 0. The van der Waals surface area contributed by atoms with Crippen molar-refractivity contribution in [2.24, 2.45) is 0 Å². The van der Waals surface area contributed by atoms with Crippen molar-refractivity contribution in [3.8, 4) is 0 Å². The molecule has 0 saturated carbocycles. The molecule has 2 rings (SSSR count). The molecule has 0 bridgehead atoms. The molecule has 1 heterocycles. The number of rotatable bonds is 5. The van der Waals surface area contributed by atoms with Crippen molar-refractivity contribution in [1.82, 2.24) is 0 Å². The summed E-state index contributed by atoms with van der Waals surface area (Å²) in [5.74, 6) is -0.0458. The minimum absolute atomic E-state index is 0.0458. The molecule has 0 radical (unpaired) electrons. The van der Waals surface area contributed by atoms with Gasteiger partial charge in [0.2, 0.25) is 0 Å². The van der Waals surface area contributed by atoms with E-state index in [1.54, 1.807) is 31.2 Å². The van der Waals surface area contributed by atoms with E-state index in [1.807, 2.05) is 0 Å². The van der Waals surface area contributed by atoms with Gasteiger partial charge in [-0.05, 0) is 31.9 Å². The van der Waals surface area contributed by atoms with E-state index in [0.717, 1.165) is 19.4 Å². The molecule has 2 atom stereocenters. The van der Waals surface area contributed by atoms with Gasteiger partial charge < -0.3 is 9.47 Å². The fourth-order valence-corrected chi connectivity index (χ4v) is 2.17. The SMILES string of the molecule is CC(OCC1CCCO1)C(=O)c1cccc(Cl)c1. The van der Waals surface area contributed by atoms with Gasteiger partial charge >= 0.3 is 0 Å². The summed E-state index contributed by atoms with van der Waals surface area (Å²) in [6.45, 7) is 3.04. The number of Topliss-reactive ketones (excluding diaryl/α,β-unsaturated/α-hetero) is 1. The number of hydrogen-bond donors (Lipinski definition) is 0. The van der Waals surface area contributed by atoms with Crippen molar-refractivity contribution < 1.29 is 14.3 Å². The van der Waals surface area contributed by atoms with E-state index in [-0.39, 0.29) is 11.9 Å². The van der Waals surface area contributed by atoms with Crippen molar-refractivity contribution >= 4 is 17.4 Å². The fourth-order valence-electron chi connectivity index (χ4n) is 1.98. The van der Waals surface area contributed by atoms with Crippen LogP contribution in [-0.4, -0.2) is 31.2 Å². The van der Waals surface area contributed by atoms with E-state index in [4.69, 9.17) is 21.1 Å². The van der Waals surface area contributed by atoms with E-state index in [1.165, 1.54) is 0 Å². The van der Waals surface area contributed by atoms with E-state index >= 15 is 0 Å². The Morgan fingerprint density at radius 1 is 1.61 bits per heavy atom. The van der Waals surface area contributed by atoms with Crippen LogP contribution in [0, 0.1) is 0 Å². The summed E-state index contributed by atoms with van der Waals surface area (Å²) in [6.07, 6.45) is 1.76. The summed E-state index contributed by atoms with van der Waals surface area (Å²) in [4.78, 5) is 12.1. The van der Waals surface area contributed by atoms with Crippen molar-refractivity contribution in [2.45, 2.75) is 32.0 Å². The lowest BCUT2D eigenvalue weighted by atomic mass is 10.1. The maximum atomic E-state index is 12.1. The summed E-state index contributed by atoms with van der Waals surface area (Å²) >= 11 is 5.86. The van der Waals surface area contributed by atoms with E-state index in [2.05, 4.69) is 0 Å². The van der Waals surface area contributed by atoms with Crippen molar-refractivity contribution in [2.75, 3.05) is 13.2 Å². The second-order valence-electron chi connectivity index (χ2n) is 4.49. The van der Waals surface area contributed by atoms with Gasteiger partial charge in [0, 0.05) is 17.2 Å². The summed E-state index contributed by atoms with van der Waals surface area (Å²) in [5.41, 5.74) is 0.586. The Morgan fingerprint density at radius 3 is 3.11 bits per heavy atom. The van der Waals surface area contributed by atoms with Crippen LogP contribution >= 0.6 is 11.6 Å². The molecule has 1 aromatic carbocycles. The molecule has 98 valence electrons. The predicted molar refractivity (Wildman–Crippen MR) is 70.2 cm³/mol. The summed E-state index contributed by atoms with van der Waals surface area (Å²) in [6, 6.07) is 6.93. The van der Waals surface area contributed by atoms with Crippen LogP contribution in [0.4, 0.5) is 0 Å². The average molecular weight is 269 g/mol. The Morgan fingerprint density at radius 2 is 2.44 bits per heavy atom. The van der Waals surface area contributed by atoms with Gasteiger partial charge in [0.1, 0.15) is 6.10 Å². The smallest absolute Gasteiger partial charge is 0.191 e. The van der Waals surface area contributed by atoms with E-state index in [9.17, 15) is 4.79 Å². The van der Waals surface area contributed by atoms with Crippen LogP contribution in [0.5, 0.6) is 0 Å². The number of halogens is 1. The Hall–Kier alpha value is -0.900. The summed E-state index contributed by atoms with van der Waals surface area (Å²) < 4.78 is 11.0. The molecule has 3 nitrogen and oxygen atoms in total. The second kappa shape index (κ2) is 6.32. The average Bonchev–Trinajstić information content (AvgIpc) is 2.88. The molecule has 0 aliphatic carbocycles. The van der Waals surface area contributed by atoms with Crippen LogP contribution in [0.2, 0.25) is 5.02 Å². The Balaban J connectivity index is 1.87. The molecule has 2 unspecified atom stereocenters. The molecule has 4 heteroatoms. The quantitative estimate of drug-likeness (QED) is 0.770. The lowest BCUT2D eigenvalue weighted by molar-refractivity contribution is -0.00759. The van der Waals surface area contributed by atoms with Gasteiger partial charge in [-0.25, -0.2) is 0 Å². The van der Waals surface area contributed by atoms with Gasteiger partial charge in [0.05, 0.1) is 12.7 Å². The number of carbonyl (C=O) groups is 1. The van der Waals surface area contributed by atoms with Gasteiger partial charge in [-0.15, -0.1) is 0 Å². The molecule has 18 heavy (non-hydrogen) atoms. The second-order valence-corrected chi connectivity index (χ2v) is 4.92. The first kappa shape index (κ1) is 13.5. The molecule has 0 spiro atoms. The zero-order valence-electron chi connectivity index (χ0n) is 10.4. The first-order valence-corrected chi connectivity index (χ1v) is 6.57. The molecule has 1 aliphatic heterocycles. The largest absolute Gasteiger partial charge is 0.376 e. The van der Waals surface area contributed by atoms with Crippen LogP contribution in [-0.2, 0) is 9.47 Å². The number of hydrogen-bond acceptors (Lipinski definition) is 3. The normalized spacial score (nSPS) is 20.9. The third-order valence-corrected chi connectivity index (χ3v) is 3.27. The molecule has 1 aliphatic rings. The van der Waals surface area contributed by atoms with Gasteiger partial charge in [-0.3, -0.25) is 4.79 Å². The highest BCUT2D eigenvalue weighted by molar-refractivity contribution is 6.31. The molecule has 1 aromatic rings. The van der Waals surface area contributed by atoms with Crippen LogP contribution in [0.15, 0.2) is 24.3 Å². The molecule has 1 fully saturated rings. The molecular weight excluding hydrogens is 252 g/mol. The monoisotopic (exact) mass is 268 g/mol. The minimum atomic E-state index is -0.465. The highest BCUT2D eigenvalue weighted by Gasteiger charge is 2.20. The van der Waals surface area contributed by atoms with Crippen LogP contribution in [0.25, 0.3) is 0 Å². The van der Waals surface area contributed by atoms with Crippen molar-refractivity contribution in [3.63, 3.8) is 0 Å². The predicted octanol–water partition coefficient (Wildman–Crippen LogP) is 3.11. The zero-order valence-corrected chi connectivity index (χ0v) is 11.2. The molecule has 0 aromatic heterocycles. The molecule has 0 amide bonds. The number of carbonyl (C=O) groups excluding carboxylic acids is 1. The van der Waals surface area contributed by atoms with Crippen molar-refractivity contribution in [3.05, 3.63) is 34.9 Å². The van der Waals surface area contributed by atoms with Gasteiger partial charge in [0.25, 0.3) is 0 Å². The Kier molecular flexibility index (Phi) is 4.75. The molecular formula is C14H17ClO3. The maximum absolute atomic E-state index is 12.1. The lowest BCUT2D eigenvalue weighted by Crippen LogP contribution is -2.25. The topological polar surface area (TPSA) is 35.5 Å². The zero-order chi connectivity index (χ0) is 13.0. The van der Waals surface area contributed by atoms with Gasteiger partial charge in [0.15, 0.2) is 5.78 Å². The Bertz CT molecular complexity index is 413. The minimum Gasteiger partial charge on any atom is -0.376 e. The standard InChI is InChI=1S/C14H17ClO3/c1-10(18-9-13-6-3-7-17-13)14(16)11-4-2-5-12(15)8-11/h2,4-5,8,10,13H,3,6-7,9H2,1H3. The third kappa shape index (κ3) is 3.55. The van der Waals surface area contributed by atoms with Gasteiger partial charge in [-0.2, -0.15) is 0 Å². The van der Waals surface area contributed by atoms with Crippen LogP contribution in [0.1, 0.15) is 30.1 Å².